The number of ketones is 1. The molecule has 2 heterocycles. The molecule has 0 atom stereocenters. The fourth-order valence-corrected chi connectivity index (χ4v) is 4.75. The lowest BCUT2D eigenvalue weighted by molar-refractivity contribution is -0.137. The van der Waals surface area contributed by atoms with Gasteiger partial charge in [0.25, 0.3) is 0 Å². The maximum absolute atomic E-state index is 13.6. The predicted octanol–water partition coefficient (Wildman–Crippen LogP) is 6.16. The van der Waals surface area contributed by atoms with Crippen molar-refractivity contribution in [3.05, 3.63) is 77.5 Å². The quantitative estimate of drug-likeness (QED) is 0.213. The largest absolute Gasteiger partial charge is 0.416 e. The lowest BCUT2D eigenvalue weighted by Gasteiger charge is -2.12. The molecular weight excluding hydrogens is 504 g/mol. The standard InChI is InChI=1S/C26H22F4N6O2/c27-16-9-15(26(28,29)30)10-18(11-16)35-25(38)34-17-5-3-4-14(8-17)22(37)20-12-36(19-6-1-2-7-19)24-21(20)23(31)32-13-33-24/h3-5,8-13,19H,1-2,6-7H2,(H2,31,32,33)(H2,34,35,38). The van der Waals surface area contributed by atoms with Gasteiger partial charge in [0.15, 0.2) is 5.78 Å². The zero-order chi connectivity index (χ0) is 27.0. The maximum Gasteiger partial charge on any atom is 0.416 e. The predicted molar refractivity (Wildman–Crippen MR) is 133 cm³/mol. The molecule has 4 N–H and O–H groups in total. The van der Waals surface area contributed by atoms with E-state index in [1.807, 2.05) is 4.57 Å². The summed E-state index contributed by atoms with van der Waals surface area (Å²) in [6, 6.07) is 7.04. The molecule has 0 spiro atoms. The Hall–Kier alpha value is -4.48. The highest BCUT2D eigenvalue weighted by molar-refractivity contribution is 6.18. The summed E-state index contributed by atoms with van der Waals surface area (Å²) in [5, 5.41) is 5.08. The summed E-state index contributed by atoms with van der Waals surface area (Å²) in [5.41, 5.74) is 5.85. The van der Waals surface area contributed by atoms with Gasteiger partial charge in [0.2, 0.25) is 0 Å². The number of nitrogens with two attached hydrogens (primary N) is 1. The molecule has 2 aromatic heterocycles. The van der Waals surface area contributed by atoms with Gasteiger partial charge in [0.1, 0.15) is 23.6 Å². The highest BCUT2D eigenvalue weighted by Crippen LogP contribution is 2.36. The van der Waals surface area contributed by atoms with Crippen LogP contribution < -0.4 is 16.4 Å². The number of carbonyl (C=O) groups is 2. The Balaban J connectivity index is 1.39. The van der Waals surface area contributed by atoms with Crippen molar-refractivity contribution in [3.8, 4) is 0 Å². The molecule has 1 fully saturated rings. The van der Waals surface area contributed by atoms with Crippen LogP contribution >= 0.6 is 0 Å². The summed E-state index contributed by atoms with van der Waals surface area (Å²) in [4.78, 5) is 34.4. The number of aromatic nitrogens is 3. The van der Waals surface area contributed by atoms with E-state index in [0.717, 1.165) is 31.7 Å². The van der Waals surface area contributed by atoms with Gasteiger partial charge in [-0.3, -0.25) is 4.79 Å². The lowest BCUT2D eigenvalue weighted by atomic mass is 10.0. The first-order valence-electron chi connectivity index (χ1n) is 11.8. The number of nitrogen functional groups attached to an aromatic ring is 1. The molecule has 8 nitrogen and oxygen atoms in total. The number of carbonyl (C=O) groups excluding carboxylic acids is 2. The van der Waals surface area contributed by atoms with E-state index in [0.29, 0.717) is 28.7 Å². The molecule has 0 aliphatic heterocycles. The Morgan fingerprint density at radius 3 is 2.47 bits per heavy atom. The van der Waals surface area contributed by atoms with Crippen LogP contribution in [-0.2, 0) is 6.18 Å². The van der Waals surface area contributed by atoms with Crippen LogP contribution in [0.15, 0.2) is 55.0 Å². The summed E-state index contributed by atoms with van der Waals surface area (Å²) >= 11 is 0. The molecule has 0 radical (unpaired) electrons. The summed E-state index contributed by atoms with van der Waals surface area (Å²) in [6.07, 6.45) is 2.41. The number of nitrogens with zero attached hydrogens (tertiary/aromatic N) is 3. The second-order valence-corrected chi connectivity index (χ2v) is 9.06. The van der Waals surface area contributed by atoms with Gasteiger partial charge < -0.3 is 20.9 Å². The van der Waals surface area contributed by atoms with Crippen molar-refractivity contribution in [2.45, 2.75) is 37.9 Å². The smallest absolute Gasteiger partial charge is 0.383 e. The fourth-order valence-electron chi connectivity index (χ4n) is 4.75. The number of anilines is 3. The van der Waals surface area contributed by atoms with E-state index in [9.17, 15) is 27.2 Å². The fraction of sp³-hybridized carbons (Fsp3) is 0.231. The number of hydrogen-bond acceptors (Lipinski definition) is 5. The first-order valence-corrected chi connectivity index (χ1v) is 11.8. The van der Waals surface area contributed by atoms with Crippen molar-refractivity contribution >= 4 is 40.0 Å². The van der Waals surface area contributed by atoms with Crippen molar-refractivity contribution in [1.82, 2.24) is 14.5 Å². The van der Waals surface area contributed by atoms with Crippen molar-refractivity contribution in [1.29, 1.82) is 0 Å². The second kappa shape index (κ2) is 9.77. The number of urea groups is 1. The topological polar surface area (TPSA) is 115 Å². The van der Waals surface area contributed by atoms with Crippen LogP contribution in [0.3, 0.4) is 0 Å². The van der Waals surface area contributed by atoms with E-state index < -0.39 is 23.6 Å². The number of hydrogen-bond donors (Lipinski definition) is 3. The van der Waals surface area contributed by atoms with Gasteiger partial charge in [0.05, 0.1) is 16.5 Å². The summed E-state index contributed by atoms with van der Waals surface area (Å²) in [5.74, 6) is -1.34. The van der Waals surface area contributed by atoms with Gasteiger partial charge in [-0.25, -0.2) is 19.2 Å². The summed E-state index contributed by atoms with van der Waals surface area (Å²) in [7, 11) is 0. The minimum Gasteiger partial charge on any atom is -0.383 e. The van der Waals surface area contributed by atoms with Gasteiger partial charge in [-0.15, -0.1) is 0 Å². The number of halogens is 4. The molecule has 4 aromatic rings. The first kappa shape index (κ1) is 25.2. The molecule has 196 valence electrons. The van der Waals surface area contributed by atoms with Crippen molar-refractivity contribution < 1.29 is 27.2 Å². The molecule has 0 saturated heterocycles. The number of fused-ring (bicyclic) bond motifs is 1. The highest BCUT2D eigenvalue weighted by Gasteiger charge is 2.31. The van der Waals surface area contributed by atoms with Crippen LogP contribution in [0, 0.1) is 5.82 Å². The van der Waals surface area contributed by atoms with Crippen molar-refractivity contribution in [2.75, 3.05) is 16.4 Å². The van der Waals surface area contributed by atoms with E-state index in [2.05, 4.69) is 20.6 Å². The average Bonchev–Trinajstić information content (AvgIpc) is 3.51. The zero-order valence-electron chi connectivity index (χ0n) is 19.8. The Morgan fingerprint density at radius 2 is 1.74 bits per heavy atom. The monoisotopic (exact) mass is 526 g/mol. The molecular formula is C26H22F4N6O2. The van der Waals surface area contributed by atoms with E-state index in [1.165, 1.54) is 18.5 Å². The van der Waals surface area contributed by atoms with E-state index in [4.69, 9.17) is 5.73 Å². The highest BCUT2D eigenvalue weighted by atomic mass is 19.4. The van der Waals surface area contributed by atoms with Gasteiger partial charge in [0, 0.05) is 29.2 Å². The lowest BCUT2D eigenvalue weighted by Crippen LogP contribution is -2.20. The third-order valence-corrected chi connectivity index (χ3v) is 6.47. The molecule has 1 aliphatic carbocycles. The third kappa shape index (κ3) is 5.01. The van der Waals surface area contributed by atoms with Crippen LogP contribution in [0.2, 0.25) is 0 Å². The first-order chi connectivity index (χ1) is 18.1. The molecule has 1 saturated carbocycles. The number of alkyl halides is 3. The molecule has 38 heavy (non-hydrogen) atoms. The SMILES string of the molecule is Nc1ncnc2c1c(C(=O)c1cccc(NC(=O)Nc3cc(F)cc(C(F)(F)F)c3)c1)cn2C1CCCC1. The molecule has 5 rings (SSSR count). The van der Waals surface area contributed by atoms with Crippen molar-refractivity contribution in [2.24, 2.45) is 0 Å². The molecule has 0 unspecified atom stereocenters. The van der Waals surface area contributed by atoms with E-state index in [-0.39, 0.29) is 34.6 Å². The van der Waals surface area contributed by atoms with E-state index in [1.54, 1.807) is 18.3 Å². The molecule has 2 aromatic carbocycles. The summed E-state index contributed by atoms with van der Waals surface area (Å²) in [6.45, 7) is 0. The maximum atomic E-state index is 13.6. The minimum atomic E-state index is -4.78. The molecule has 2 amide bonds. The van der Waals surface area contributed by atoms with Crippen LogP contribution in [0.4, 0.5) is 39.5 Å². The van der Waals surface area contributed by atoms with Crippen LogP contribution in [-0.4, -0.2) is 26.3 Å². The Labute approximate surface area is 213 Å². The third-order valence-electron chi connectivity index (χ3n) is 6.47. The second-order valence-electron chi connectivity index (χ2n) is 9.06. The van der Waals surface area contributed by atoms with Gasteiger partial charge >= 0.3 is 12.2 Å². The molecule has 0 bridgehead atoms. The minimum absolute atomic E-state index is 0.178. The normalized spacial score (nSPS) is 14.1. The Morgan fingerprint density at radius 1 is 1.00 bits per heavy atom. The Bertz CT molecular complexity index is 1540. The molecule has 1 aliphatic rings. The van der Waals surface area contributed by atoms with Crippen molar-refractivity contribution in [3.63, 3.8) is 0 Å². The van der Waals surface area contributed by atoms with E-state index >= 15 is 0 Å². The van der Waals surface area contributed by atoms with Gasteiger partial charge in [-0.05, 0) is 43.2 Å². The number of benzene rings is 2. The number of nitrogens with one attached hydrogen (secondary N) is 2. The number of amides is 2. The number of rotatable bonds is 5. The van der Waals surface area contributed by atoms with Crippen LogP contribution in [0.25, 0.3) is 11.0 Å². The molecule has 12 heteroatoms. The van der Waals surface area contributed by atoms with Crippen LogP contribution in [0.5, 0.6) is 0 Å². The van der Waals surface area contributed by atoms with Crippen LogP contribution in [0.1, 0.15) is 53.2 Å². The Kier molecular flexibility index (Phi) is 6.47. The van der Waals surface area contributed by atoms with Gasteiger partial charge in [-0.2, -0.15) is 13.2 Å². The zero-order valence-corrected chi connectivity index (χ0v) is 19.8. The van der Waals surface area contributed by atoms with Gasteiger partial charge in [-0.1, -0.05) is 25.0 Å². The average molecular weight is 526 g/mol. The summed E-state index contributed by atoms with van der Waals surface area (Å²) < 4.78 is 54.5.